The first kappa shape index (κ1) is 14.6. The highest BCUT2D eigenvalue weighted by atomic mass is 32.2. The molecule has 0 saturated heterocycles. The molecule has 1 aromatic rings. The van der Waals surface area contributed by atoms with Gasteiger partial charge in [0.05, 0.1) is 4.90 Å². The second kappa shape index (κ2) is 4.52. The van der Waals surface area contributed by atoms with Crippen LogP contribution < -0.4 is 10.5 Å². The predicted molar refractivity (Wildman–Crippen MR) is 81.1 cm³/mol. The molecule has 120 valence electrons. The van der Waals surface area contributed by atoms with Crippen LogP contribution in [0, 0.1) is 17.7 Å². The van der Waals surface area contributed by atoms with E-state index in [-0.39, 0.29) is 10.4 Å². The summed E-state index contributed by atoms with van der Waals surface area (Å²) in [6, 6.07) is 4.99. The predicted octanol–water partition coefficient (Wildman–Crippen LogP) is 2.15. The first-order valence-electron chi connectivity index (χ1n) is 7.86. The number of hydrogen-bond donors (Lipinski definition) is 2. The number of rotatable bonds is 3. The second-order valence-electron chi connectivity index (χ2n) is 7.66. The zero-order valence-electron chi connectivity index (χ0n) is 12.4. The Balaban J connectivity index is 1.64. The van der Waals surface area contributed by atoms with E-state index in [0.717, 1.165) is 25.7 Å². The topological polar surface area (TPSA) is 72.2 Å². The molecule has 0 aromatic heterocycles. The third-order valence-corrected chi connectivity index (χ3v) is 7.18. The lowest BCUT2D eigenvalue weighted by Crippen LogP contribution is -2.68. The molecular weight excluding hydrogens is 303 g/mol. The summed E-state index contributed by atoms with van der Waals surface area (Å²) >= 11 is 0. The Morgan fingerprint density at radius 2 is 1.68 bits per heavy atom. The van der Waals surface area contributed by atoms with Gasteiger partial charge < -0.3 is 5.73 Å². The zero-order valence-corrected chi connectivity index (χ0v) is 13.2. The van der Waals surface area contributed by atoms with E-state index in [2.05, 4.69) is 4.72 Å². The van der Waals surface area contributed by atoms with Gasteiger partial charge in [-0.1, -0.05) is 0 Å². The van der Waals surface area contributed by atoms with E-state index in [9.17, 15) is 12.8 Å². The van der Waals surface area contributed by atoms with Crippen molar-refractivity contribution < 1.29 is 12.8 Å². The Hall–Kier alpha value is -0.980. The van der Waals surface area contributed by atoms with Crippen LogP contribution in [-0.4, -0.2) is 19.5 Å². The van der Waals surface area contributed by atoms with E-state index in [0.29, 0.717) is 18.3 Å². The fourth-order valence-corrected chi connectivity index (χ4v) is 6.83. The molecule has 4 aliphatic carbocycles. The van der Waals surface area contributed by atoms with Crippen molar-refractivity contribution in [3.63, 3.8) is 0 Å². The molecule has 2 unspecified atom stereocenters. The van der Waals surface area contributed by atoms with Gasteiger partial charge in [0.1, 0.15) is 5.82 Å². The molecule has 6 heteroatoms. The third-order valence-electron chi connectivity index (χ3n) is 5.58. The number of nitrogens with one attached hydrogen (secondary N) is 1. The molecule has 4 bridgehead atoms. The average molecular weight is 324 g/mol. The van der Waals surface area contributed by atoms with Crippen LogP contribution in [0.3, 0.4) is 0 Å². The van der Waals surface area contributed by atoms with Crippen molar-refractivity contribution in [2.75, 3.05) is 0 Å². The molecule has 4 aliphatic rings. The minimum Gasteiger partial charge on any atom is -0.325 e. The lowest BCUT2D eigenvalue weighted by molar-refractivity contribution is -0.0250. The van der Waals surface area contributed by atoms with Crippen LogP contribution in [-0.2, 0) is 10.0 Å². The Bertz CT molecular complexity index is 687. The summed E-state index contributed by atoms with van der Waals surface area (Å²) in [6.07, 6.45) is 5.69. The van der Waals surface area contributed by atoms with E-state index in [1.165, 1.54) is 30.7 Å². The zero-order chi connectivity index (χ0) is 15.6. The molecule has 0 spiro atoms. The number of sulfonamides is 1. The molecule has 2 atom stereocenters. The molecular formula is C16H21FN2O2S. The lowest BCUT2D eigenvalue weighted by Gasteiger charge is -2.60. The Morgan fingerprint density at radius 1 is 1.09 bits per heavy atom. The van der Waals surface area contributed by atoms with E-state index in [4.69, 9.17) is 5.73 Å². The summed E-state index contributed by atoms with van der Waals surface area (Å²) in [5, 5.41) is 0. The van der Waals surface area contributed by atoms with E-state index >= 15 is 0 Å². The minimum absolute atomic E-state index is 0.121. The van der Waals surface area contributed by atoms with Crippen molar-refractivity contribution >= 4 is 10.0 Å². The Morgan fingerprint density at radius 3 is 2.23 bits per heavy atom. The monoisotopic (exact) mass is 324 g/mol. The van der Waals surface area contributed by atoms with Gasteiger partial charge in [0, 0.05) is 11.1 Å². The van der Waals surface area contributed by atoms with Gasteiger partial charge in [-0.3, -0.25) is 0 Å². The molecule has 0 amide bonds. The highest BCUT2D eigenvalue weighted by molar-refractivity contribution is 7.89. The van der Waals surface area contributed by atoms with E-state index in [1.807, 2.05) is 0 Å². The van der Waals surface area contributed by atoms with Crippen LogP contribution in [0.2, 0.25) is 0 Å². The van der Waals surface area contributed by atoms with Gasteiger partial charge in [0.2, 0.25) is 10.0 Å². The van der Waals surface area contributed by atoms with Gasteiger partial charge >= 0.3 is 0 Å². The van der Waals surface area contributed by atoms with Crippen LogP contribution in [0.4, 0.5) is 4.39 Å². The van der Waals surface area contributed by atoms with Crippen molar-refractivity contribution in [1.82, 2.24) is 4.72 Å². The number of halogens is 1. The van der Waals surface area contributed by atoms with Gasteiger partial charge in [-0.05, 0) is 74.6 Å². The smallest absolute Gasteiger partial charge is 0.241 e. The summed E-state index contributed by atoms with van der Waals surface area (Å²) in [5.74, 6) is 0.624. The highest BCUT2D eigenvalue weighted by Crippen LogP contribution is 2.56. The maximum atomic E-state index is 13.0. The lowest BCUT2D eigenvalue weighted by atomic mass is 9.50. The van der Waals surface area contributed by atoms with Crippen LogP contribution in [0.5, 0.6) is 0 Å². The van der Waals surface area contributed by atoms with Crippen LogP contribution in [0.1, 0.15) is 38.5 Å². The second-order valence-corrected chi connectivity index (χ2v) is 9.35. The van der Waals surface area contributed by atoms with Gasteiger partial charge in [-0.15, -0.1) is 0 Å². The SMILES string of the molecule is NC12CC3CC(C1)CC(NS(=O)(=O)c1ccc(F)cc1)(C3)C2. The van der Waals surface area contributed by atoms with Crippen LogP contribution in [0.25, 0.3) is 0 Å². The van der Waals surface area contributed by atoms with Crippen LogP contribution in [0.15, 0.2) is 29.2 Å². The third kappa shape index (κ3) is 2.37. The number of nitrogens with two attached hydrogens (primary N) is 1. The minimum atomic E-state index is -3.64. The number of benzene rings is 1. The maximum absolute atomic E-state index is 13.0. The van der Waals surface area contributed by atoms with E-state index < -0.39 is 21.4 Å². The van der Waals surface area contributed by atoms with Crippen molar-refractivity contribution in [1.29, 1.82) is 0 Å². The molecule has 4 saturated carbocycles. The van der Waals surface area contributed by atoms with Crippen molar-refractivity contribution in [3.8, 4) is 0 Å². The molecule has 5 rings (SSSR count). The average Bonchev–Trinajstić information content (AvgIpc) is 2.34. The molecule has 1 aromatic carbocycles. The fraction of sp³-hybridized carbons (Fsp3) is 0.625. The van der Waals surface area contributed by atoms with E-state index in [1.54, 1.807) is 0 Å². The largest absolute Gasteiger partial charge is 0.325 e. The van der Waals surface area contributed by atoms with Gasteiger partial charge in [0.15, 0.2) is 0 Å². The molecule has 0 aliphatic heterocycles. The maximum Gasteiger partial charge on any atom is 0.241 e. The Kier molecular flexibility index (Phi) is 3.00. The molecule has 0 heterocycles. The standard InChI is InChI=1S/C16H21FN2O2S/c17-13-1-3-14(4-2-13)22(20,21)19-16-8-11-5-12(9-16)7-15(18,6-11)10-16/h1-4,11-12,19H,5-10,18H2. The first-order chi connectivity index (χ1) is 10.3. The molecule has 0 radical (unpaired) electrons. The number of hydrogen-bond acceptors (Lipinski definition) is 3. The van der Waals surface area contributed by atoms with Crippen molar-refractivity contribution in [3.05, 3.63) is 30.1 Å². The summed E-state index contributed by atoms with van der Waals surface area (Å²) in [6.45, 7) is 0. The molecule has 3 N–H and O–H groups in total. The summed E-state index contributed by atoms with van der Waals surface area (Å²) < 4.78 is 41.3. The summed E-state index contributed by atoms with van der Waals surface area (Å²) in [7, 11) is -3.64. The van der Waals surface area contributed by atoms with Gasteiger partial charge in [0.25, 0.3) is 0 Å². The normalized spacial score (nSPS) is 40.1. The van der Waals surface area contributed by atoms with Gasteiger partial charge in [-0.25, -0.2) is 17.5 Å². The van der Waals surface area contributed by atoms with Crippen LogP contribution >= 0.6 is 0 Å². The molecule has 22 heavy (non-hydrogen) atoms. The molecule has 4 fully saturated rings. The van der Waals surface area contributed by atoms with Crippen molar-refractivity contribution in [2.24, 2.45) is 17.6 Å². The molecule has 4 nitrogen and oxygen atoms in total. The summed E-state index contributed by atoms with van der Waals surface area (Å²) in [4.78, 5) is 0.121. The first-order valence-corrected chi connectivity index (χ1v) is 9.34. The summed E-state index contributed by atoms with van der Waals surface area (Å²) in [5.41, 5.74) is 5.88. The van der Waals surface area contributed by atoms with Crippen molar-refractivity contribution in [2.45, 2.75) is 54.5 Å². The Labute approximate surface area is 130 Å². The van der Waals surface area contributed by atoms with Gasteiger partial charge in [-0.2, -0.15) is 0 Å². The quantitative estimate of drug-likeness (QED) is 0.895. The highest BCUT2D eigenvalue weighted by Gasteiger charge is 2.57. The fourth-order valence-electron chi connectivity index (χ4n) is 5.41.